The third-order valence-corrected chi connectivity index (χ3v) is 3.26. The number of aryl methyl sites for hydroxylation is 1. The van der Waals surface area contributed by atoms with Gasteiger partial charge in [-0.05, 0) is 39.0 Å². The van der Waals surface area contributed by atoms with Crippen LogP contribution in [0.2, 0.25) is 0 Å². The van der Waals surface area contributed by atoms with Gasteiger partial charge in [0.1, 0.15) is 11.5 Å². The summed E-state index contributed by atoms with van der Waals surface area (Å²) in [6.45, 7) is 5.23. The molecule has 124 valence electrons. The average molecular weight is 318 g/mol. The van der Waals surface area contributed by atoms with E-state index in [2.05, 4.69) is 10.3 Å². The highest BCUT2D eigenvalue weighted by molar-refractivity contribution is 5.78. The van der Waals surface area contributed by atoms with Crippen molar-refractivity contribution in [3.8, 4) is 17.2 Å². The zero-order chi connectivity index (χ0) is 17.0. The van der Waals surface area contributed by atoms with Gasteiger partial charge in [0.2, 0.25) is 11.8 Å². The molecule has 0 radical (unpaired) electrons. The summed E-state index contributed by atoms with van der Waals surface area (Å²) >= 11 is 0. The molecule has 1 aromatic carbocycles. The highest BCUT2D eigenvalue weighted by atomic mass is 16.5. The Kier molecular flexibility index (Phi) is 5.05. The zero-order valence-corrected chi connectivity index (χ0v) is 13.8. The van der Waals surface area contributed by atoms with Gasteiger partial charge in [0.15, 0.2) is 0 Å². The van der Waals surface area contributed by atoms with Crippen molar-refractivity contribution in [1.82, 2.24) is 10.3 Å². The minimum atomic E-state index is -0.944. The molecule has 6 nitrogen and oxygen atoms in total. The number of nitrogens with one attached hydrogen (secondary N) is 1. The number of hydrogen-bond donors (Lipinski definition) is 2. The van der Waals surface area contributed by atoms with Gasteiger partial charge in [-0.1, -0.05) is 6.07 Å². The summed E-state index contributed by atoms with van der Waals surface area (Å²) in [5, 5.41) is 12.3. The van der Waals surface area contributed by atoms with Crippen molar-refractivity contribution in [2.24, 2.45) is 0 Å². The Morgan fingerprint density at radius 2 is 2.17 bits per heavy atom. The van der Waals surface area contributed by atoms with Crippen LogP contribution in [-0.4, -0.2) is 35.3 Å². The highest BCUT2D eigenvalue weighted by Gasteiger charge is 2.17. The zero-order valence-electron chi connectivity index (χ0n) is 13.8. The summed E-state index contributed by atoms with van der Waals surface area (Å²) in [7, 11) is 1.60. The second-order valence-corrected chi connectivity index (χ2v) is 6.02. The third-order valence-electron chi connectivity index (χ3n) is 3.26. The van der Waals surface area contributed by atoms with Crippen molar-refractivity contribution < 1.29 is 19.1 Å². The second-order valence-electron chi connectivity index (χ2n) is 6.02. The molecule has 0 aliphatic rings. The number of ether oxygens (including phenoxy) is 1. The smallest absolute Gasteiger partial charge is 0.226 e. The number of nitrogens with zero attached hydrogens (tertiary/aromatic N) is 1. The van der Waals surface area contributed by atoms with Crippen LogP contribution in [-0.2, 0) is 11.2 Å². The van der Waals surface area contributed by atoms with Crippen molar-refractivity contribution in [2.45, 2.75) is 32.8 Å². The molecule has 1 heterocycles. The highest BCUT2D eigenvalue weighted by Crippen LogP contribution is 2.25. The van der Waals surface area contributed by atoms with Crippen molar-refractivity contribution in [1.29, 1.82) is 0 Å². The number of oxazole rings is 1. The fraction of sp³-hybridized carbons (Fsp3) is 0.412. The van der Waals surface area contributed by atoms with E-state index in [0.29, 0.717) is 23.1 Å². The third kappa shape index (κ3) is 4.82. The number of hydrogen-bond acceptors (Lipinski definition) is 5. The second kappa shape index (κ2) is 6.83. The molecule has 0 saturated carbocycles. The Labute approximate surface area is 135 Å². The van der Waals surface area contributed by atoms with Gasteiger partial charge in [0.05, 0.1) is 24.8 Å². The molecule has 0 aliphatic heterocycles. The molecule has 2 N–H and O–H groups in total. The van der Waals surface area contributed by atoms with E-state index in [-0.39, 0.29) is 18.9 Å². The molecule has 1 amide bonds. The predicted octanol–water partition coefficient (Wildman–Crippen LogP) is 2.09. The molecule has 0 saturated heterocycles. The van der Waals surface area contributed by atoms with E-state index in [1.54, 1.807) is 27.9 Å². The Bertz CT molecular complexity index is 686. The maximum absolute atomic E-state index is 11.9. The lowest BCUT2D eigenvalue weighted by molar-refractivity contribution is -0.121. The lowest BCUT2D eigenvalue weighted by atomic mass is 10.1. The molecule has 23 heavy (non-hydrogen) atoms. The Morgan fingerprint density at radius 1 is 1.43 bits per heavy atom. The van der Waals surface area contributed by atoms with Gasteiger partial charge in [-0.15, -0.1) is 0 Å². The molecule has 0 fully saturated rings. The number of methoxy groups -OCH3 is 1. The van der Waals surface area contributed by atoms with E-state index in [1.807, 2.05) is 24.3 Å². The molecular formula is C17H22N2O4. The van der Waals surface area contributed by atoms with Crippen LogP contribution in [0.15, 0.2) is 28.7 Å². The molecule has 0 bridgehead atoms. The number of carbonyl (C=O) groups excluding carboxylic acids is 1. The quantitative estimate of drug-likeness (QED) is 0.852. The topological polar surface area (TPSA) is 84.6 Å². The lowest BCUT2D eigenvalue weighted by Crippen LogP contribution is -2.38. The molecule has 0 aliphatic carbocycles. The van der Waals surface area contributed by atoms with Crippen LogP contribution >= 0.6 is 0 Å². The number of aromatic nitrogens is 1. The summed E-state index contributed by atoms with van der Waals surface area (Å²) in [6, 6.07) is 7.38. The fourth-order valence-corrected chi connectivity index (χ4v) is 2.00. The summed E-state index contributed by atoms with van der Waals surface area (Å²) in [5.41, 5.74) is 0.423. The number of amides is 1. The first-order valence-corrected chi connectivity index (χ1v) is 7.38. The molecule has 0 unspecified atom stereocenters. The van der Waals surface area contributed by atoms with E-state index < -0.39 is 5.60 Å². The monoisotopic (exact) mass is 318 g/mol. The van der Waals surface area contributed by atoms with E-state index in [4.69, 9.17) is 9.15 Å². The number of rotatable bonds is 6. The van der Waals surface area contributed by atoms with E-state index in [0.717, 1.165) is 5.56 Å². The van der Waals surface area contributed by atoms with E-state index >= 15 is 0 Å². The summed E-state index contributed by atoms with van der Waals surface area (Å²) < 4.78 is 10.8. The van der Waals surface area contributed by atoms with Crippen molar-refractivity contribution in [3.05, 3.63) is 35.7 Å². The number of carbonyl (C=O) groups is 1. The fourth-order valence-electron chi connectivity index (χ4n) is 2.00. The molecule has 2 aromatic rings. The molecule has 1 aromatic heterocycles. The Hall–Kier alpha value is -2.34. The number of benzene rings is 1. The van der Waals surface area contributed by atoms with Crippen molar-refractivity contribution in [3.63, 3.8) is 0 Å². The van der Waals surface area contributed by atoms with Crippen LogP contribution in [0, 0.1) is 6.92 Å². The maximum atomic E-state index is 11.9. The first-order valence-electron chi connectivity index (χ1n) is 7.38. The largest absolute Gasteiger partial charge is 0.497 e. The minimum Gasteiger partial charge on any atom is -0.497 e. The maximum Gasteiger partial charge on any atom is 0.226 e. The molecule has 2 rings (SSSR count). The van der Waals surface area contributed by atoms with Gasteiger partial charge >= 0.3 is 0 Å². The van der Waals surface area contributed by atoms with Crippen LogP contribution < -0.4 is 10.1 Å². The SMILES string of the molecule is COc1cccc(-c2nc(CC(=O)NCC(C)(C)O)c(C)o2)c1. The molecule has 6 heteroatoms. The normalized spacial score (nSPS) is 11.3. The van der Waals surface area contributed by atoms with Crippen molar-refractivity contribution >= 4 is 5.91 Å². The van der Waals surface area contributed by atoms with Crippen LogP contribution in [0.5, 0.6) is 5.75 Å². The van der Waals surface area contributed by atoms with Crippen molar-refractivity contribution in [2.75, 3.05) is 13.7 Å². The Morgan fingerprint density at radius 3 is 2.83 bits per heavy atom. The van der Waals surface area contributed by atoms with Gasteiger partial charge < -0.3 is 19.6 Å². The predicted molar refractivity (Wildman–Crippen MR) is 86.2 cm³/mol. The lowest BCUT2D eigenvalue weighted by Gasteiger charge is -2.17. The minimum absolute atomic E-state index is 0.107. The van der Waals surface area contributed by atoms with E-state index in [9.17, 15) is 9.90 Å². The van der Waals surface area contributed by atoms with Crippen LogP contribution in [0.1, 0.15) is 25.3 Å². The van der Waals surface area contributed by atoms with Crippen LogP contribution in [0.4, 0.5) is 0 Å². The van der Waals surface area contributed by atoms with Crippen LogP contribution in [0.3, 0.4) is 0 Å². The first kappa shape index (κ1) is 17.0. The average Bonchev–Trinajstić information content (AvgIpc) is 2.86. The number of aliphatic hydroxyl groups is 1. The van der Waals surface area contributed by atoms with E-state index in [1.165, 1.54) is 0 Å². The standard InChI is InChI=1S/C17H22N2O4/c1-11-14(9-15(20)18-10-17(2,3)21)19-16(23-11)12-6-5-7-13(8-12)22-4/h5-8,21H,9-10H2,1-4H3,(H,18,20). The van der Waals surface area contributed by atoms with Gasteiger partial charge in [0.25, 0.3) is 0 Å². The molecule has 0 spiro atoms. The summed E-state index contributed by atoms with van der Waals surface area (Å²) in [4.78, 5) is 16.3. The van der Waals surface area contributed by atoms with Gasteiger partial charge in [-0.2, -0.15) is 0 Å². The summed E-state index contributed by atoms with van der Waals surface area (Å²) in [6.07, 6.45) is 0.107. The molecular weight excluding hydrogens is 296 g/mol. The van der Waals surface area contributed by atoms with Crippen LogP contribution in [0.25, 0.3) is 11.5 Å². The van der Waals surface area contributed by atoms with Gasteiger partial charge in [-0.25, -0.2) is 4.98 Å². The molecule has 0 atom stereocenters. The van der Waals surface area contributed by atoms with Gasteiger partial charge in [-0.3, -0.25) is 4.79 Å². The first-order chi connectivity index (χ1) is 10.8. The summed E-state index contributed by atoms with van der Waals surface area (Å²) in [5.74, 6) is 1.55. The Balaban J connectivity index is 2.10. The van der Waals surface area contributed by atoms with Gasteiger partial charge in [0, 0.05) is 12.1 Å².